The van der Waals surface area contributed by atoms with Crippen molar-refractivity contribution in [3.63, 3.8) is 0 Å². The zero-order valence-corrected chi connectivity index (χ0v) is 15.4. The van der Waals surface area contributed by atoms with Crippen LogP contribution < -0.4 is 10.2 Å². The minimum atomic E-state index is 0.489. The molecule has 0 saturated carbocycles. The van der Waals surface area contributed by atoms with Crippen LogP contribution in [-0.2, 0) is 13.1 Å². The van der Waals surface area contributed by atoms with Gasteiger partial charge in [-0.2, -0.15) is 0 Å². The summed E-state index contributed by atoms with van der Waals surface area (Å²) in [6.45, 7) is 8.13. The van der Waals surface area contributed by atoms with Crippen molar-refractivity contribution < 1.29 is 0 Å². The van der Waals surface area contributed by atoms with Crippen molar-refractivity contribution in [1.29, 1.82) is 0 Å². The molecule has 0 aliphatic heterocycles. The third-order valence-electron chi connectivity index (χ3n) is 3.15. The van der Waals surface area contributed by atoms with Crippen molar-refractivity contribution in [3.05, 3.63) is 44.2 Å². The smallest absolute Gasteiger partial charge is 0.129 e. The van der Waals surface area contributed by atoms with E-state index >= 15 is 0 Å². The van der Waals surface area contributed by atoms with Crippen LogP contribution >= 0.6 is 27.3 Å². The minimum Gasteiger partial charge on any atom is -0.355 e. The maximum Gasteiger partial charge on any atom is 0.129 e. The predicted octanol–water partition coefficient (Wildman–Crippen LogP) is 4.35. The van der Waals surface area contributed by atoms with Gasteiger partial charge in [-0.05, 0) is 57.6 Å². The highest BCUT2D eigenvalue weighted by molar-refractivity contribution is 9.11. The first-order valence-electron chi connectivity index (χ1n) is 7.09. The van der Waals surface area contributed by atoms with Crippen LogP contribution in [0.2, 0.25) is 0 Å². The third-order valence-corrected chi connectivity index (χ3v) is 4.70. The number of nitrogens with zero attached hydrogens (tertiary/aromatic N) is 2. The molecule has 0 aromatic carbocycles. The Kier molecular flexibility index (Phi) is 5.79. The van der Waals surface area contributed by atoms with Crippen molar-refractivity contribution in [3.8, 4) is 0 Å². The summed E-state index contributed by atoms with van der Waals surface area (Å²) in [5.41, 5.74) is 3.65. The minimum absolute atomic E-state index is 0.489. The van der Waals surface area contributed by atoms with Crippen LogP contribution in [0.3, 0.4) is 0 Å². The summed E-state index contributed by atoms with van der Waals surface area (Å²) in [7, 11) is 2.09. The standard InChI is InChI=1S/C16H22BrN3S/c1-11(2)18-8-13-5-12(3)19-16(7-13)20(4)9-14-6-15(17)21-10-14/h5-7,10-11,18H,8-9H2,1-4H3. The highest BCUT2D eigenvalue weighted by Gasteiger charge is 2.08. The van der Waals surface area contributed by atoms with Crippen molar-refractivity contribution in [2.45, 2.75) is 39.9 Å². The van der Waals surface area contributed by atoms with Crippen molar-refractivity contribution >= 4 is 33.1 Å². The van der Waals surface area contributed by atoms with Gasteiger partial charge in [-0.3, -0.25) is 0 Å². The van der Waals surface area contributed by atoms with E-state index in [1.165, 1.54) is 14.9 Å². The van der Waals surface area contributed by atoms with Gasteiger partial charge < -0.3 is 10.2 Å². The second-order valence-corrected chi connectivity index (χ2v) is 7.92. The SMILES string of the molecule is Cc1cc(CNC(C)C)cc(N(C)Cc2csc(Br)c2)n1. The monoisotopic (exact) mass is 367 g/mol. The fourth-order valence-electron chi connectivity index (χ4n) is 2.12. The molecule has 0 fully saturated rings. The summed E-state index contributed by atoms with van der Waals surface area (Å²) in [5, 5.41) is 5.64. The fraction of sp³-hybridized carbons (Fsp3) is 0.438. The first-order chi connectivity index (χ1) is 9.94. The van der Waals surface area contributed by atoms with Gasteiger partial charge in [0, 0.05) is 31.9 Å². The molecule has 2 aromatic rings. The largest absolute Gasteiger partial charge is 0.355 e. The molecule has 0 amide bonds. The molecule has 114 valence electrons. The van der Waals surface area contributed by atoms with E-state index in [-0.39, 0.29) is 0 Å². The molecule has 3 nitrogen and oxygen atoms in total. The van der Waals surface area contributed by atoms with E-state index in [2.05, 4.69) is 82.5 Å². The Labute approximate surface area is 139 Å². The molecule has 0 unspecified atom stereocenters. The number of thiophene rings is 1. The maximum absolute atomic E-state index is 4.65. The van der Waals surface area contributed by atoms with Crippen LogP contribution in [-0.4, -0.2) is 18.1 Å². The Morgan fingerprint density at radius 1 is 1.29 bits per heavy atom. The number of hydrogen-bond donors (Lipinski definition) is 1. The topological polar surface area (TPSA) is 28.2 Å². The van der Waals surface area contributed by atoms with Crippen LogP contribution in [0.15, 0.2) is 27.4 Å². The second-order valence-electron chi connectivity index (χ2n) is 5.63. The predicted molar refractivity (Wildman–Crippen MR) is 95.1 cm³/mol. The number of rotatable bonds is 6. The third kappa shape index (κ3) is 5.09. The van der Waals surface area contributed by atoms with Gasteiger partial charge in [0.1, 0.15) is 5.82 Å². The summed E-state index contributed by atoms with van der Waals surface area (Å²) in [6, 6.07) is 6.97. The van der Waals surface area contributed by atoms with Gasteiger partial charge in [0.15, 0.2) is 0 Å². The summed E-state index contributed by atoms with van der Waals surface area (Å²) >= 11 is 5.23. The van der Waals surface area contributed by atoms with E-state index in [0.717, 1.165) is 24.6 Å². The van der Waals surface area contributed by atoms with E-state index < -0.39 is 0 Å². The average Bonchev–Trinajstić information content (AvgIpc) is 2.81. The lowest BCUT2D eigenvalue weighted by molar-refractivity contribution is 0.588. The average molecular weight is 368 g/mol. The Hall–Kier alpha value is -0.910. The number of nitrogens with one attached hydrogen (secondary N) is 1. The molecule has 0 bridgehead atoms. The van der Waals surface area contributed by atoms with Gasteiger partial charge in [-0.25, -0.2) is 4.98 Å². The molecule has 2 rings (SSSR count). The summed E-state index contributed by atoms with van der Waals surface area (Å²) in [6.07, 6.45) is 0. The van der Waals surface area contributed by atoms with Crippen LogP contribution in [0.25, 0.3) is 0 Å². The number of hydrogen-bond acceptors (Lipinski definition) is 4. The Morgan fingerprint density at radius 3 is 2.67 bits per heavy atom. The molecule has 21 heavy (non-hydrogen) atoms. The number of aryl methyl sites for hydroxylation is 1. The molecule has 0 aliphatic carbocycles. The molecule has 0 saturated heterocycles. The summed E-state index contributed by atoms with van der Waals surface area (Å²) in [4.78, 5) is 6.85. The lowest BCUT2D eigenvalue weighted by Crippen LogP contribution is -2.23. The molecule has 2 heterocycles. The van der Waals surface area contributed by atoms with Crippen molar-refractivity contribution in [1.82, 2.24) is 10.3 Å². The molecule has 0 atom stereocenters. The molecular weight excluding hydrogens is 346 g/mol. The van der Waals surface area contributed by atoms with Crippen molar-refractivity contribution in [2.24, 2.45) is 0 Å². The molecule has 5 heteroatoms. The van der Waals surface area contributed by atoms with E-state index in [1.54, 1.807) is 11.3 Å². The highest BCUT2D eigenvalue weighted by Crippen LogP contribution is 2.23. The zero-order valence-electron chi connectivity index (χ0n) is 13.0. The number of aromatic nitrogens is 1. The second kappa shape index (κ2) is 7.38. The maximum atomic E-state index is 4.65. The Balaban J connectivity index is 2.10. The van der Waals surface area contributed by atoms with Gasteiger partial charge in [0.05, 0.1) is 3.79 Å². The van der Waals surface area contributed by atoms with E-state index in [9.17, 15) is 0 Å². The van der Waals surface area contributed by atoms with Crippen molar-refractivity contribution in [2.75, 3.05) is 11.9 Å². The van der Waals surface area contributed by atoms with Gasteiger partial charge in [0.2, 0.25) is 0 Å². The van der Waals surface area contributed by atoms with Crippen LogP contribution in [0.5, 0.6) is 0 Å². The Bertz CT molecular complexity index is 595. The molecule has 1 N–H and O–H groups in total. The van der Waals surface area contributed by atoms with Gasteiger partial charge in [0.25, 0.3) is 0 Å². The quantitative estimate of drug-likeness (QED) is 0.822. The molecule has 0 radical (unpaired) electrons. The summed E-state index contributed by atoms with van der Waals surface area (Å²) in [5.74, 6) is 1.03. The first-order valence-corrected chi connectivity index (χ1v) is 8.76. The molecule has 2 aromatic heterocycles. The van der Waals surface area contributed by atoms with Gasteiger partial charge >= 0.3 is 0 Å². The van der Waals surface area contributed by atoms with Crippen LogP contribution in [0.4, 0.5) is 5.82 Å². The van der Waals surface area contributed by atoms with E-state index in [0.29, 0.717) is 6.04 Å². The van der Waals surface area contributed by atoms with E-state index in [1.807, 2.05) is 0 Å². The molecular formula is C16H22BrN3S. The lowest BCUT2D eigenvalue weighted by atomic mass is 10.2. The van der Waals surface area contributed by atoms with Gasteiger partial charge in [-0.1, -0.05) is 13.8 Å². The molecule has 0 aliphatic rings. The fourth-order valence-corrected chi connectivity index (χ4v) is 3.32. The van der Waals surface area contributed by atoms with Gasteiger partial charge in [-0.15, -0.1) is 11.3 Å². The lowest BCUT2D eigenvalue weighted by Gasteiger charge is -2.19. The normalized spacial score (nSPS) is 11.1. The Morgan fingerprint density at radius 2 is 2.05 bits per heavy atom. The van der Waals surface area contributed by atoms with E-state index in [4.69, 9.17) is 0 Å². The highest BCUT2D eigenvalue weighted by atomic mass is 79.9. The number of anilines is 1. The first kappa shape index (κ1) is 16.5. The van der Waals surface area contributed by atoms with Crippen LogP contribution in [0.1, 0.15) is 30.7 Å². The number of halogens is 1. The molecule has 0 spiro atoms. The summed E-state index contributed by atoms with van der Waals surface area (Å²) < 4.78 is 1.17. The number of pyridine rings is 1. The zero-order chi connectivity index (χ0) is 15.4. The van der Waals surface area contributed by atoms with Crippen LogP contribution in [0, 0.1) is 6.92 Å².